The number of nitriles is 1. The number of thiophene rings is 1. The van der Waals surface area contributed by atoms with Gasteiger partial charge in [0.15, 0.2) is 5.69 Å². The molecule has 3 aromatic rings. The average Bonchev–Trinajstić information content (AvgIpc) is 2.93. The van der Waals surface area contributed by atoms with Gasteiger partial charge in [-0.05, 0) is 23.6 Å². The highest BCUT2D eigenvalue weighted by Crippen LogP contribution is 2.34. The molecule has 0 unspecified atom stereocenters. The lowest BCUT2D eigenvalue weighted by atomic mass is 10.2. The minimum absolute atomic E-state index is 0.399. The number of hydrogen-bond acceptors (Lipinski definition) is 4. The van der Waals surface area contributed by atoms with E-state index in [1.165, 1.54) is 0 Å². The molecule has 17 heavy (non-hydrogen) atoms. The Hall–Kier alpha value is -1.71. The molecule has 0 fully saturated rings. The molecule has 0 atom stereocenters. The Morgan fingerprint density at radius 1 is 1.35 bits per heavy atom. The fourth-order valence-corrected chi connectivity index (χ4v) is 3.21. The minimum Gasteiger partial charge on any atom is -0.247 e. The van der Waals surface area contributed by atoms with Crippen LogP contribution in [0, 0.1) is 11.3 Å². The van der Waals surface area contributed by atoms with E-state index in [0.29, 0.717) is 11.4 Å². The van der Waals surface area contributed by atoms with E-state index in [9.17, 15) is 0 Å². The molecule has 0 saturated heterocycles. The Morgan fingerprint density at radius 2 is 2.24 bits per heavy atom. The fourth-order valence-electron chi connectivity index (χ4n) is 1.60. The average molecular weight is 305 g/mol. The van der Waals surface area contributed by atoms with Crippen molar-refractivity contribution in [3.05, 3.63) is 34.4 Å². The van der Waals surface area contributed by atoms with Crippen molar-refractivity contribution < 1.29 is 0 Å². The number of aromatic amines is 1. The number of nitrogens with one attached hydrogen (secondary N) is 1. The first-order valence-electron chi connectivity index (χ1n) is 4.78. The van der Waals surface area contributed by atoms with Crippen molar-refractivity contribution >= 4 is 37.4 Å². The Morgan fingerprint density at radius 3 is 3.06 bits per heavy atom. The largest absolute Gasteiger partial charge is 0.247 e. The van der Waals surface area contributed by atoms with E-state index in [1.54, 1.807) is 11.3 Å². The van der Waals surface area contributed by atoms with Gasteiger partial charge in [0.25, 0.3) is 0 Å². The van der Waals surface area contributed by atoms with Gasteiger partial charge in [-0.2, -0.15) is 5.26 Å². The predicted octanol–water partition coefficient (Wildman–Crippen LogP) is 3.32. The molecular weight excluding hydrogens is 300 g/mol. The van der Waals surface area contributed by atoms with Crippen LogP contribution in [-0.2, 0) is 0 Å². The molecule has 0 radical (unpaired) electrons. The third kappa shape index (κ3) is 1.73. The number of hydrogen-bond donors (Lipinski definition) is 1. The molecule has 82 valence electrons. The number of benzene rings is 1. The van der Waals surface area contributed by atoms with Gasteiger partial charge in [0, 0.05) is 9.17 Å². The van der Waals surface area contributed by atoms with Crippen molar-refractivity contribution in [2.24, 2.45) is 0 Å². The van der Waals surface area contributed by atoms with Crippen molar-refractivity contribution in [2.75, 3.05) is 0 Å². The second-order valence-corrected chi connectivity index (χ2v) is 5.44. The van der Waals surface area contributed by atoms with Gasteiger partial charge in [-0.1, -0.05) is 27.2 Å². The molecule has 0 amide bonds. The zero-order chi connectivity index (χ0) is 11.8. The minimum atomic E-state index is 0.399. The molecule has 1 N–H and O–H groups in total. The van der Waals surface area contributed by atoms with E-state index >= 15 is 0 Å². The first kappa shape index (κ1) is 10.4. The monoisotopic (exact) mass is 304 g/mol. The summed E-state index contributed by atoms with van der Waals surface area (Å²) in [5.74, 6) is 0. The van der Waals surface area contributed by atoms with Gasteiger partial charge in [0.1, 0.15) is 11.8 Å². The molecular formula is C11H5BrN4S. The quantitative estimate of drug-likeness (QED) is 0.750. The Kier molecular flexibility index (Phi) is 2.42. The molecule has 4 nitrogen and oxygen atoms in total. The van der Waals surface area contributed by atoms with Crippen LogP contribution < -0.4 is 0 Å². The molecule has 6 heteroatoms. The Bertz CT molecular complexity index is 737. The summed E-state index contributed by atoms with van der Waals surface area (Å²) < 4.78 is 2.19. The van der Waals surface area contributed by atoms with Crippen molar-refractivity contribution in [1.29, 1.82) is 5.26 Å². The standard InChI is InChI=1S/C11H5BrN4S/c12-7-2-1-6-3-10(17-9(6)4-7)11-8(5-13)14-16-15-11/h1-4H,(H,14,15,16). The van der Waals surface area contributed by atoms with Crippen LogP contribution in [-0.4, -0.2) is 15.4 Å². The van der Waals surface area contributed by atoms with Crippen LogP contribution in [0.5, 0.6) is 0 Å². The van der Waals surface area contributed by atoms with Gasteiger partial charge in [-0.15, -0.1) is 16.4 Å². The molecule has 0 aliphatic carbocycles. The lowest BCUT2D eigenvalue weighted by Gasteiger charge is -1.88. The van der Waals surface area contributed by atoms with Crippen molar-refractivity contribution in [3.8, 4) is 16.6 Å². The van der Waals surface area contributed by atoms with E-state index in [0.717, 1.165) is 19.4 Å². The van der Waals surface area contributed by atoms with Crippen molar-refractivity contribution in [1.82, 2.24) is 15.4 Å². The van der Waals surface area contributed by atoms with Crippen LogP contribution in [0.4, 0.5) is 0 Å². The number of aromatic nitrogens is 3. The summed E-state index contributed by atoms with van der Waals surface area (Å²) in [5.41, 5.74) is 1.01. The van der Waals surface area contributed by atoms with Crippen LogP contribution in [0.2, 0.25) is 0 Å². The predicted molar refractivity (Wildman–Crippen MR) is 69.6 cm³/mol. The number of halogens is 1. The number of fused-ring (bicyclic) bond motifs is 1. The molecule has 0 saturated carbocycles. The van der Waals surface area contributed by atoms with E-state index in [2.05, 4.69) is 37.4 Å². The third-order valence-electron chi connectivity index (χ3n) is 2.38. The van der Waals surface area contributed by atoms with Gasteiger partial charge in [0.2, 0.25) is 0 Å². The molecule has 0 aliphatic rings. The summed E-state index contributed by atoms with van der Waals surface area (Å²) in [6.45, 7) is 0. The highest BCUT2D eigenvalue weighted by molar-refractivity contribution is 9.10. The first-order valence-corrected chi connectivity index (χ1v) is 6.39. The maximum atomic E-state index is 8.92. The number of H-pyrrole nitrogens is 1. The summed E-state index contributed by atoms with van der Waals surface area (Å²) >= 11 is 5.03. The zero-order valence-electron chi connectivity index (χ0n) is 8.44. The molecule has 2 heterocycles. The summed E-state index contributed by atoms with van der Waals surface area (Å²) in [6, 6.07) is 10.1. The van der Waals surface area contributed by atoms with Crippen LogP contribution in [0.1, 0.15) is 5.69 Å². The van der Waals surface area contributed by atoms with Crippen LogP contribution >= 0.6 is 27.3 Å². The normalized spacial score (nSPS) is 10.6. The van der Waals surface area contributed by atoms with Crippen LogP contribution in [0.15, 0.2) is 28.7 Å². The van der Waals surface area contributed by atoms with E-state index in [1.807, 2.05) is 24.3 Å². The Balaban J connectivity index is 2.22. The summed E-state index contributed by atoms with van der Waals surface area (Å²) in [4.78, 5) is 0.948. The Labute approximate surface area is 109 Å². The molecule has 0 spiro atoms. The van der Waals surface area contributed by atoms with E-state index < -0.39 is 0 Å². The maximum absolute atomic E-state index is 8.92. The molecule has 0 bridgehead atoms. The second-order valence-electron chi connectivity index (χ2n) is 3.44. The van der Waals surface area contributed by atoms with Gasteiger partial charge < -0.3 is 0 Å². The highest BCUT2D eigenvalue weighted by atomic mass is 79.9. The van der Waals surface area contributed by atoms with Gasteiger partial charge in [-0.25, -0.2) is 5.10 Å². The van der Waals surface area contributed by atoms with Crippen molar-refractivity contribution in [3.63, 3.8) is 0 Å². The highest BCUT2D eigenvalue weighted by Gasteiger charge is 2.12. The molecule has 3 rings (SSSR count). The van der Waals surface area contributed by atoms with E-state index in [4.69, 9.17) is 5.26 Å². The third-order valence-corrected chi connectivity index (χ3v) is 3.97. The van der Waals surface area contributed by atoms with Crippen LogP contribution in [0.25, 0.3) is 20.7 Å². The van der Waals surface area contributed by atoms with Gasteiger partial charge in [0.05, 0.1) is 4.88 Å². The fraction of sp³-hybridized carbons (Fsp3) is 0. The lowest BCUT2D eigenvalue weighted by molar-refractivity contribution is 0.937. The number of rotatable bonds is 1. The zero-order valence-corrected chi connectivity index (χ0v) is 10.8. The van der Waals surface area contributed by atoms with Gasteiger partial charge >= 0.3 is 0 Å². The summed E-state index contributed by atoms with van der Waals surface area (Å²) in [5, 5.41) is 20.2. The molecule has 1 aromatic carbocycles. The SMILES string of the molecule is N#Cc1[nH]nnc1-c1cc2ccc(Br)cc2s1. The summed E-state index contributed by atoms with van der Waals surface area (Å²) in [7, 11) is 0. The maximum Gasteiger partial charge on any atom is 0.164 e. The topological polar surface area (TPSA) is 65.4 Å². The summed E-state index contributed by atoms with van der Waals surface area (Å²) in [6.07, 6.45) is 0. The lowest BCUT2D eigenvalue weighted by Crippen LogP contribution is -1.77. The molecule has 0 aliphatic heterocycles. The second kappa shape index (κ2) is 3.95. The number of nitrogens with zero attached hydrogens (tertiary/aromatic N) is 3. The van der Waals surface area contributed by atoms with Crippen molar-refractivity contribution in [2.45, 2.75) is 0 Å². The smallest absolute Gasteiger partial charge is 0.164 e. The van der Waals surface area contributed by atoms with Crippen LogP contribution in [0.3, 0.4) is 0 Å². The van der Waals surface area contributed by atoms with Gasteiger partial charge in [-0.3, -0.25) is 0 Å². The molecule has 2 aromatic heterocycles. The van der Waals surface area contributed by atoms with E-state index in [-0.39, 0.29) is 0 Å². The first-order chi connectivity index (χ1) is 8.28.